The van der Waals surface area contributed by atoms with E-state index in [4.69, 9.17) is 27.9 Å². The number of pyridine rings is 2. The Morgan fingerprint density at radius 1 is 1.30 bits per heavy atom. The van der Waals surface area contributed by atoms with Gasteiger partial charge in [-0.15, -0.1) is 0 Å². The average Bonchev–Trinajstić information content (AvgIpc) is 3.34. The van der Waals surface area contributed by atoms with Gasteiger partial charge in [0, 0.05) is 18.5 Å². The topological polar surface area (TPSA) is 84.3 Å². The molecule has 0 atom stereocenters. The van der Waals surface area contributed by atoms with Crippen molar-refractivity contribution >= 4 is 34.8 Å². The molecule has 1 aliphatic rings. The molecule has 2 heterocycles. The van der Waals surface area contributed by atoms with Crippen molar-refractivity contribution in [2.24, 2.45) is 5.92 Å². The average molecular weight is 354 g/mol. The number of ether oxygens (including phenoxy) is 1. The van der Waals surface area contributed by atoms with Gasteiger partial charge >= 0.3 is 0 Å². The van der Waals surface area contributed by atoms with Gasteiger partial charge in [0.25, 0.3) is 5.91 Å². The van der Waals surface area contributed by atoms with Crippen LogP contribution in [0.3, 0.4) is 0 Å². The van der Waals surface area contributed by atoms with Crippen LogP contribution in [0.2, 0.25) is 10.0 Å². The molecule has 120 valence electrons. The second-order valence-electron chi connectivity index (χ2n) is 5.22. The van der Waals surface area contributed by atoms with Crippen LogP contribution in [0, 0.1) is 5.92 Å². The van der Waals surface area contributed by atoms with Crippen LogP contribution < -0.4 is 10.1 Å². The van der Waals surface area contributed by atoms with Crippen molar-refractivity contribution in [3.05, 3.63) is 40.4 Å². The molecule has 2 N–H and O–H groups in total. The van der Waals surface area contributed by atoms with Crippen LogP contribution in [0.5, 0.6) is 11.5 Å². The number of nitrogens with zero attached hydrogens (tertiary/aromatic N) is 2. The van der Waals surface area contributed by atoms with Gasteiger partial charge in [0.05, 0.1) is 28.5 Å². The molecule has 0 aliphatic heterocycles. The van der Waals surface area contributed by atoms with E-state index in [0.29, 0.717) is 12.5 Å². The van der Waals surface area contributed by atoms with E-state index in [0.717, 1.165) is 12.8 Å². The van der Waals surface area contributed by atoms with Gasteiger partial charge in [-0.25, -0.2) is 4.98 Å². The summed E-state index contributed by atoms with van der Waals surface area (Å²) in [5, 5.41) is 12.8. The molecule has 0 bridgehead atoms. The molecule has 0 saturated heterocycles. The summed E-state index contributed by atoms with van der Waals surface area (Å²) in [7, 11) is 0. The van der Waals surface area contributed by atoms with E-state index in [2.05, 4.69) is 15.3 Å². The summed E-state index contributed by atoms with van der Waals surface area (Å²) in [5.74, 6) is 0.122. The number of hydrogen-bond donors (Lipinski definition) is 2. The Morgan fingerprint density at radius 3 is 2.65 bits per heavy atom. The highest BCUT2D eigenvalue weighted by molar-refractivity contribution is 6.39. The van der Waals surface area contributed by atoms with Gasteiger partial charge in [-0.05, 0) is 18.8 Å². The molecule has 3 rings (SSSR count). The molecule has 1 amide bonds. The molecule has 8 heteroatoms. The number of hydrogen-bond acceptors (Lipinski definition) is 5. The summed E-state index contributed by atoms with van der Waals surface area (Å²) in [6, 6.07) is 1.38. The number of halogens is 2. The van der Waals surface area contributed by atoms with E-state index in [-0.39, 0.29) is 32.9 Å². The van der Waals surface area contributed by atoms with Crippen LogP contribution in [-0.2, 0) is 0 Å². The molecule has 1 saturated carbocycles. The number of carbonyl (C=O) groups is 1. The molecular formula is C15H13Cl2N3O3. The smallest absolute Gasteiger partial charge is 0.274 e. The predicted molar refractivity (Wildman–Crippen MR) is 86.3 cm³/mol. The summed E-state index contributed by atoms with van der Waals surface area (Å²) in [6.07, 6.45) is 6.16. The van der Waals surface area contributed by atoms with Crippen molar-refractivity contribution in [2.75, 3.05) is 11.9 Å². The van der Waals surface area contributed by atoms with E-state index >= 15 is 0 Å². The van der Waals surface area contributed by atoms with Gasteiger partial charge in [0.15, 0.2) is 11.5 Å². The minimum absolute atomic E-state index is 0.0811. The number of amides is 1. The molecule has 0 radical (unpaired) electrons. The normalized spacial score (nSPS) is 13.7. The lowest BCUT2D eigenvalue weighted by atomic mass is 10.3. The molecule has 0 unspecified atom stereocenters. The third-order valence-electron chi connectivity index (χ3n) is 3.34. The summed E-state index contributed by atoms with van der Waals surface area (Å²) in [5.41, 5.74) is 0.334. The molecule has 2 aromatic rings. The highest BCUT2D eigenvalue weighted by atomic mass is 35.5. The SMILES string of the molecule is O=C(Nc1c(Cl)cncc1Cl)c1cc(OCC2CC2)c(O)cn1. The van der Waals surface area contributed by atoms with E-state index < -0.39 is 5.91 Å². The fourth-order valence-corrected chi connectivity index (χ4v) is 2.33. The standard InChI is InChI=1S/C15H13Cl2N3O3/c16-9-4-18-5-10(17)14(9)20-15(22)11-3-13(12(21)6-19-11)23-7-8-1-2-8/h3-6,8,21H,1-2,7H2,(H,18,20,22). The van der Waals surface area contributed by atoms with Crippen molar-refractivity contribution < 1.29 is 14.6 Å². The van der Waals surface area contributed by atoms with E-state index in [1.165, 1.54) is 24.7 Å². The molecular weight excluding hydrogens is 341 g/mol. The zero-order valence-corrected chi connectivity index (χ0v) is 13.4. The lowest BCUT2D eigenvalue weighted by molar-refractivity contribution is 0.102. The van der Waals surface area contributed by atoms with E-state index in [1.807, 2.05) is 0 Å². The quantitative estimate of drug-likeness (QED) is 0.858. The third-order valence-corrected chi connectivity index (χ3v) is 3.92. The summed E-state index contributed by atoms with van der Waals surface area (Å²) in [6.45, 7) is 0.515. The van der Waals surface area contributed by atoms with E-state index in [1.54, 1.807) is 0 Å². The Morgan fingerprint density at radius 2 is 2.00 bits per heavy atom. The second-order valence-corrected chi connectivity index (χ2v) is 6.04. The Bertz CT molecular complexity index is 730. The number of rotatable bonds is 5. The van der Waals surface area contributed by atoms with Gasteiger partial charge in [0.2, 0.25) is 0 Å². The number of carbonyl (C=O) groups excluding carboxylic acids is 1. The fraction of sp³-hybridized carbons (Fsp3) is 0.267. The molecule has 1 fully saturated rings. The lowest BCUT2D eigenvalue weighted by Crippen LogP contribution is -2.14. The van der Waals surface area contributed by atoms with Crippen molar-refractivity contribution in [3.8, 4) is 11.5 Å². The van der Waals surface area contributed by atoms with Crippen LogP contribution >= 0.6 is 23.2 Å². The van der Waals surface area contributed by atoms with Crippen LogP contribution in [0.1, 0.15) is 23.3 Å². The maximum Gasteiger partial charge on any atom is 0.274 e. The highest BCUT2D eigenvalue weighted by Gasteiger charge is 2.23. The van der Waals surface area contributed by atoms with Gasteiger partial charge in [-0.3, -0.25) is 9.78 Å². The first-order valence-electron chi connectivity index (χ1n) is 6.96. The molecule has 0 spiro atoms. The largest absolute Gasteiger partial charge is 0.503 e. The summed E-state index contributed by atoms with van der Waals surface area (Å²) >= 11 is 11.9. The molecule has 2 aromatic heterocycles. The Hall–Kier alpha value is -2.05. The van der Waals surface area contributed by atoms with Gasteiger partial charge in [-0.1, -0.05) is 23.2 Å². The maximum atomic E-state index is 12.3. The molecule has 0 aromatic carbocycles. The predicted octanol–water partition coefficient (Wildman–Crippen LogP) is 3.53. The minimum atomic E-state index is -0.517. The van der Waals surface area contributed by atoms with Crippen LogP contribution in [0.15, 0.2) is 24.7 Å². The Labute approximate surface area is 142 Å². The first kappa shape index (κ1) is 15.8. The van der Waals surface area contributed by atoms with Crippen molar-refractivity contribution in [3.63, 3.8) is 0 Å². The lowest BCUT2D eigenvalue weighted by Gasteiger charge is -2.10. The summed E-state index contributed by atoms with van der Waals surface area (Å²) < 4.78 is 5.52. The van der Waals surface area contributed by atoms with Gasteiger partial charge in [-0.2, -0.15) is 0 Å². The molecule has 1 aliphatic carbocycles. The van der Waals surface area contributed by atoms with Crippen molar-refractivity contribution in [1.82, 2.24) is 9.97 Å². The number of nitrogens with one attached hydrogen (secondary N) is 1. The second kappa shape index (κ2) is 6.60. The van der Waals surface area contributed by atoms with Crippen molar-refractivity contribution in [1.29, 1.82) is 0 Å². The zero-order chi connectivity index (χ0) is 16.4. The van der Waals surface area contributed by atoms with Crippen LogP contribution in [-0.4, -0.2) is 27.6 Å². The van der Waals surface area contributed by atoms with E-state index in [9.17, 15) is 9.90 Å². The van der Waals surface area contributed by atoms with Gasteiger partial charge < -0.3 is 15.2 Å². The Kier molecular flexibility index (Phi) is 4.54. The van der Waals surface area contributed by atoms with Crippen molar-refractivity contribution in [2.45, 2.75) is 12.8 Å². The van der Waals surface area contributed by atoms with Crippen LogP contribution in [0.4, 0.5) is 5.69 Å². The number of anilines is 1. The number of aromatic hydroxyl groups is 1. The fourth-order valence-electron chi connectivity index (χ4n) is 1.87. The highest BCUT2D eigenvalue weighted by Crippen LogP contribution is 2.33. The molecule has 6 nitrogen and oxygen atoms in total. The summed E-state index contributed by atoms with van der Waals surface area (Å²) in [4.78, 5) is 20.0. The van der Waals surface area contributed by atoms with Crippen LogP contribution in [0.25, 0.3) is 0 Å². The maximum absolute atomic E-state index is 12.3. The third kappa shape index (κ3) is 3.83. The molecule has 23 heavy (non-hydrogen) atoms. The first-order valence-corrected chi connectivity index (χ1v) is 7.72. The minimum Gasteiger partial charge on any atom is -0.503 e. The first-order chi connectivity index (χ1) is 11.0. The monoisotopic (exact) mass is 353 g/mol. The Balaban J connectivity index is 1.77. The number of aromatic nitrogens is 2. The zero-order valence-electron chi connectivity index (χ0n) is 11.9. The van der Waals surface area contributed by atoms with Gasteiger partial charge in [0.1, 0.15) is 5.69 Å².